The second-order valence-electron chi connectivity index (χ2n) is 9.64. The smallest absolute Gasteiger partial charge is 0.444 e. The summed E-state index contributed by atoms with van der Waals surface area (Å²) in [6.07, 6.45) is 2.58. The average Bonchev–Trinajstić information content (AvgIpc) is 2.73. The van der Waals surface area contributed by atoms with Gasteiger partial charge in [-0.15, -0.1) is 0 Å². The molecule has 0 aromatic heterocycles. The molecule has 1 aromatic rings. The van der Waals surface area contributed by atoms with Gasteiger partial charge in [-0.3, -0.25) is 0 Å². The second kappa shape index (κ2) is 6.82. The van der Waals surface area contributed by atoms with Gasteiger partial charge in [0, 0.05) is 0 Å². The van der Waals surface area contributed by atoms with E-state index < -0.39 is 5.60 Å². The van der Waals surface area contributed by atoms with Crippen LogP contribution in [0.4, 0.5) is 4.79 Å². The summed E-state index contributed by atoms with van der Waals surface area (Å²) in [7, 11) is -0.362. The number of hydrogen-bond donors (Lipinski definition) is 1. The van der Waals surface area contributed by atoms with E-state index in [9.17, 15) is 4.79 Å². The van der Waals surface area contributed by atoms with Gasteiger partial charge in [-0.05, 0) is 84.3 Å². The Hall–Kier alpha value is -1.53. The largest absolute Gasteiger partial charge is 0.494 e. The fraction of sp³-hybridized carbons (Fsp3) is 0.667. The van der Waals surface area contributed by atoms with E-state index in [4.69, 9.17) is 14.0 Å². The maximum absolute atomic E-state index is 12.2. The van der Waals surface area contributed by atoms with Crippen LogP contribution >= 0.6 is 0 Å². The van der Waals surface area contributed by atoms with Crippen molar-refractivity contribution in [3.05, 3.63) is 29.3 Å². The fourth-order valence-electron chi connectivity index (χ4n) is 3.56. The van der Waals surface area contributed by atoms with Crippen LogP contribution in [0.25, 0.3) is 0 Å². The fourth-order valence-corrected chi connectivity index (χ4v) is 3.56. The molecule has 1 fully saturated rings. The molecular weight excluding hydrogens is 341 g/mol. The third kappa shape index (κ3) is 4.32. The Morgan fingerprint density at radius 1 is 1.19 bits per heavy atom. The van der Waals surface area contributed by atoms with Crippen LogP contribution in [0, 0.1) is 0 Å². The molecule has 1 aliphatic heterocycles. The Kier molecular flexibility index (Phi) is 5.11. The van der Waals surface area contributed by atoms with Crippen LogP contribution in [0.15, 0.2) is 18.2 Å². The molecule has 1 amide bonds. The number of carbonyl (C=O) groups is 1. The van der Waals surface area contributed by atoms with Gasteiger partial charge in [-0.2, -0.15) is 0 Å². The van der Waals surface area contributed by atoms with E-state index in [1.54, 1.807) is 0 Å². The molecule has 1 aliphatic carbocycles. The molecule has 1 N–H and O–H groups in total. The van der Waals surface area contributed by atoms with Gasteiger partial charge in [0.1, 0.15) is 5.60 Å². The number of hydrogen-bond acceptors (Lipinski definition) is 4. The molecule has 0 unspecified atom stereocenters. The van der Waals surface area contributed by atoms with Crippen LogP contribution in [0.1, 0.15) is 78.5 Å². The second-order valence-corrected chi connectivity index (χ2v) is 9.64. The summed E-state index contributed by atoms with van der Waals surface area (Å²) in [5, 5.41) is 3.02. The van der Waals surface area contributed by atoms with Crippen molar-refractivity contribution in [1.29, 1.82) is 0 Å². The highest BCUT2D eigenvalue weighted by molar-refractivity contribution is 6.62. The van der Waals surface area contributed by atoms with Gasteiger partial charge >= 0.3 is 13.2 Å². The molecule has 27 heavy (non-hydrogen) atoms. The molecule has 1 saturated heterocycles. The Morgan fingerprint density at radius 2 is 1.81 bits per heavy atom. The third-order valence-electron chi connectivity index (χ3n) is 5.70. The number of alkyl carbamates (subject to hydrolysis) is 1. The van der Waals surface area contributed by atoms with Gasteiger partial charge in [0.05, 0.1) is 17.2 Å². The van der Waals surface area contributed by atoms with Gasteiger partial charge < -0.3 is 19.4 Å². The molecule has 1 atom stereocenters. The number of aryl methyl sites for hydroxylation is 1. The molecule has 6 heteroatoms. The van der Waals surface area contributed by atoms with Crippen molar-refractivity contribution in [1.82, 2.24) is 5.32 Å². The van der Waals surface area contributed by atoms with Crippen LogP contribution in [0.5, 0.6) is 0 Å². The van der Waals surface area contributed by atoms with Gasteiger partial charge in [0.25, 0.3) is 0 Å². The molecule has 1 heterocycles. The molecule has 2 aliphatic rings. The summed E-state index contributed by atoms with van der Waals surface area (Å²) >= 11 is 0. The zero-order valence-corrected chi connectivity index (χ0v) is 17.6. The van der Waals surface area contributed by atoms with Crippen LogP contribution < -0.4 is 10.8 Å². The lowest BCUT2D eigenvalue weighted by Crippen LogP contribution is -2.41. The first-order chi connectivity index (χ1) is 12.4. The van der Waals surface area contributed by atoms with Crippen molar-refractivity contribution in [2.75, 3.05) is 0 Å². The normalized spacial score (nSPS) is 23.7. The van der Waals surface area contributed by atoms with E-state index in [2.05, 4.69) is 51.2 Å². The molecular formula is C21H32BNO4. The molecule has 5 nitrogen and oxygen atoms in total. The van der Waals surface area contributed by atoms with Crippen molar-refractivity contribution in [2.45, 2.75) is 90.6 Å². The maximum atomic E-state index is 12.2. The van der Waals surface area contributed by atoms with Crippen LogP contribution in [-0.2, 0) is 20.5 Å². The number of rotatable bonds is 2. The number of carbonyl (C=O) groups excluding carboxylic acids is 1. The monoisotopic (exact) mass is 373 g/mol. The molecule has 0 saturated carbocycles. The zero-order chi connectivity index (χ0) is 20.0. The number of amides is 1. The van der Waals surface area contributed by atoms with Gasteiger partial charge in [-0.25, -0.2) is 4.79 Å². The highest BCUT2D eigenvalue weighted by Crippen LogP contribution is 2.37. The summed E-state index contributed by atoms with van der Waals surface area (Å²) in [6.45, 7) is 13.9. The maximum Gasteiger partial charge on any atom is 0.494 e. The van der Waals surface area contributed by atoms with E-state index >= 15 is 0 Å². The minimum absolute atomic E-state index is 0.0176. The minimum atomic E-state index is -0.498. The number of benzene rings is 1. The summed E-state index contributed by atoms with van der Waals surface area (Å²) in [5.74, 6) is 0. The molecule has 3 rings (SSSR count). The Morgan fingerprint density at radius 3 is 2.41 bits per heavy atom. The van der Waals surface area contributed by atoms with E-state index in [0.29, 0.717) is 0 Å². The lowest BCUT2D eigenvalue weighted by Gasteiger charge is -2.32. The van der Waals surface area contributed by atoms with E-state index in [1.165, 1.54) is 5.56 Å². The first kappa shape index (κ1) is 20.2. The van der Waals surface area contributed by atoms with Crippen LogP contribution in [0.3, 0.4) is 0 Å². The third-order valence-corrected chi connectivity index (χ3v) is 5.70. The van der Waals surface area contributed by atoms with Crippen LogP contribution in [-0.4, -0.2) is 30.0 Å². The number of nitrogens with one attached hydrogen (secondary N) is 1. The topological polar surface area (TPSA) is 56.8 Å². The summed E-state index contributed by atoms with van der Waals surface area (Å²) in [5.41, 5.74) is 2.23. The summed E-state index contributed by atoms with van der Waals surface area (Å²) in [6, 6.07) is 6.30. The Labute approximate surface area is 163 Å². The van der Waals surface area contributed by atoms with Crippen molar-refractivity contribution in [3.8, 4) is 0 Å². The Balaban J connectivity index is 1.77. The predicted octanol–water partition coefficient (Wildman–Crippen LogP) is 3.89. The molecule has 1 aromatic carbocycles. The molecule has 148 valence electrons. The average molecular weight is 373 g/mol. The standard InChI is InChI=1S/C21H32BNO4/c1-19(2,3)25-18(24)23-17-10-8-9-14-13-15(11-12-16(14)17)22-26-20(4,5)21(6,7)27-22/h11-13,17H,8-10H2,1-7H3,(H,23,24)/t17-/m0/s1. The first-order valence-electron chi connectivity index (χ1n) is 9.86. The summed E-state index contributed by atoms with van der Waals surface area (Å²) in [4.78, 5) is 12.2. The van der Waals surface area contributed by atoms with Gasteiger partial charge in [-0.1, -0.05) is 18.2 Å². The minimum Gasteiger partial charge on any atom is -0.444 e. The van der Waals surface area contributed by atoms with Gasteiger partial charge in [0.15, 0.2) is 0 Å². The van der Waals surface area contributed by atoms with E-state index in [0.717, 1.165) is 30.3 Å². The van der Waals surface area contributed by atoms with E-state index in [1.807, 2.05) is 20.8 Å². The lowest BCUT2D eigenvalue weighted by molar-refractivity contribution is 0.00578. The highest BCUT2D eigenvalue weighted by Gasteiger charge is 2.51. The SMILES string of the molecule is CC(C)(C)OC(=O)N[C@H]1CCCc2cc(B3OC(C)(C)C(C)(C)O3)ccc21. The van der Waals surface area contributed by atoms with Crippen molar-refractivity contribution in [3.63, 3.8) is 0 Å². The summed E-state index contributed by atoms with van der Waals surface area (Å²) < 4.78 is 17.8. The van der Waals surface area contributed by atoms with Crippen molar-refractivity contribution < 1.29 is 18.8 Å². The lowest BCUT2D eigenvalue weighted by atomic mass is 9.75. The molecule has 0 radical (unpaired) electrons. The predicted molar refractivity (Wildman–Crippen MR) is 107 cm³/mol. The number of ether oxygens (including phenoxy) is 1. The number of fused-ring (bicyclic) bond motifs is 1. The van der Waals surface area contributed by atoms with E-state index in [-0.39, 0.29) is 30.5 Å². The zero-order valence-electron chi connectivity index (χ0n) is 17.6. The van der Waals surface area contributed by atoms with Crippen LogP contribution in [0.2, 0.25) is 0 Å². The highest BCUT2D eigenvalue weighted by atomic mass is 16.7. The quantitative estimate of drug-likeness (QED) is 0.800. The van der Waals surface area contributed by atoms with Crippen molar-refractivity contribution >= 4 is 18.7 Å². The van der Waals surface area contributed by atoms with Gasteiger partial charge in [0.2, 0.25) is 0 Å². The molecule has 0 spiro atoms. The Bertz CT molecular complexity index is 707. The van der Waals surface area contributed by atoms with Crippen molar-refractivity contribution in [2.24, 2.45) is 0 Å². The first-order valence-corrected chi connectivity index (χ1v) is 9.86. The molecule has 0 bridgehead atoms.